The highest BCUT2D eigenvalue weighted by molar-refractivity contribution is 6.42. The minimum Gasteiger partial charge on any atom is -0.354 e. The Bertz CT molecular complexity index is 428. The van der Waals surface area contributed by atoms with Gasteiger partial charge in [0.2, 0.25) is 0 Å². The van der Waals surface area contributed by atoms with Crippen molar-refractivity contribution in [1.29, 1.82) is 0 Å². The number of hydrogen-bond acceptors (Lipinski definition) is 1. The molecule has 0 aliphatic carbocycles. The van der Waals surface area contributed by atoms with Crippen LogP contribution in [0.4, 0.5) is 5.69 Å². The highest BCUT2D eigenvalue weighted by atomic mass is 35.5. The summed E-state index contributed by atoms with van der Waals surface area (Å²) in [5, 5.41) is 7.53. The van der Waals surface area contributed by atoms with Crippen molar-refractivity contribution in [1.82, 2.24) is 5.32 Å². The Hall–Kier alpha value is -0.930. The van der Waals surface area contributed by atoms with E-state index in [1.54, 1.807) is 12.1 Å². The summed E-state index contributed by atoms with van der Waals surface area (Å²) in [5.74, 6) is 0.735. The lowest BCUT2D eigenvalue weighted by Gasteiger charge is -2.16. The van der Waals surface area contributed by atoms with Gasteiger partial charge in [-0.1, -0.05) is 23.2 Å². The summed E-state index contributed by atoms with van der Waals surface area (Å²) >= 11 is 11.9. The fourth-order valence-electron chi connectivity index (χ4n) is 1.35. The Kier molecular flexibility index (Phi) is 5.76. The van der Waals surface area contributed by atoms with Gasteiger partial charge in [0.15, 0.2) is 5.96 Å². The summed E-state index contributed by atoms with van der Waals surface area (Å²) in [4.78, 5) is 4.48. The molecule has 0 atom stereocenters. The van der Waals surface area contributed by atoms with Crippen molar-refractivity contribution in [3.05, 3.63) is 28.2 Å². The van der Waals surface area contributed by atoms with Gasteiger partial charge in [-0.05, 0) is 45.9 Å². The Morgan fingerprint density at radius 2 is 1.78 bits per heavy atom. The van der Waals surface area contributed by atoms with Gasteiger partial charge in [-0.2, -0.15) is 0 Å². The van der Waals surface area contributed by atoms with Crippen LogP contribution in [0.5, 0.6) is 0 Å². The van der Waals surface area contributed by atoms with Crippen LogP contribution >= 0.6 is 23.2 Å². The maximum atomic E-state index is 5.98. The predicted molar refractivity (Wildman–Crippen MR) is 80.9 cm³/mol. The second kappa shape index (κ2) is 6.86. The minimum atomic E-state index is 0.210. The molecule has 0 saturated carbocycles. The van der Waals surface area contributed by atoms with Crippen LogP contribution in [0.3, 0.4) is 0 Å². The third-order valence-electron chi connectivity index (χ3n) is 2.00. The number of aliphatic imine (C=N–C) groups is 1. The average Bonchev–Trinajstić information content (AvgIpc) is 2.21. The van der Waals surface area contributed by atoms with Crippen LogP contribution in [0.1, 0.15) is 27.7 Å². The monoisotopic (exact) mass is 287 g/mol. The zero-order valence-electron chi connectivity index (χ0n) is 11.1. The van der Waals surface area contributed by atoms with Crippen molar-refractivity contribution < 1.29 is 0 Å². The van der Waals surface area contributed by atoms with Crippen molar-refractivity contribution in [3.63, 3.8) is 0 Å². The molecule has 5 heteroatoms. The van der Waals surface area contributed by atoms with Gasteiger partial charge in [0.05, 0.1) is 10.0 Å². The molecule has 1 aromatic carbocycles. The molecular weight excluding hydrogens is 269 g/mol. The number of nitrogens with one attached hydrogen (secondary N) is 2. The Labute approximate surface area is 119 Å². The van der Waals surface area contributed by atoms with Crippen molar-refractivity contribution in [2.45, 2.75) is 39.8 Å². The van der Waals surface area contributed by atoms with Crippen molar-refractivity contribution >= 4 is 34.8 Å². The topological polar surface area (TPSA) is 36.4 Å². The zero-order chi connectivity index (χ0) is 13.7. The summed E-state index contributed by atoms with van der Waals surface area (Å²) in [6.45, 7) is 8.18. The van der Waals surface area contributed by atoms with Gasteiger partial charge in [-0.3, -0.25) is 4.99 Å². The van der Waals surface area contributed by atoms with E-state index in [9.17, 15) is 0 Å². The molecule has 0 fully saturated rings. The third kappa shape index (κ3) is 5.15. The van der Waals surface area contributed by atoms with Gasteiger partial charge in [0.25, 0.3) is 0 Å². The predicted octanol–water partition coefficient (Wildman–Crippen LogP) is 4.17. The van der Waals surface area contributed by atoms with E-state index in [1.165, 1.54) is 0 Å². The van der Waals surface area contributed by atoms with Crippen LogP contribution in [0, 0.1) is 0 Å². The number of guanidine groups is 1. The van der Waals surface area contributed by atoms with Crippen LogP contribution < -0.4 is 10.6 Å². The minimum absolute atomic E-state index is 0.210. The molecule has 0 aliphatic heterocycles. The first-order valence-corrected chi connectivity index (χ1v) is 6.70. The maximum absolute atomic E-state index is 5.98. The highest BCUT2D eigenvalue weighted by Gasteiger charge is 2.05. The molecule has 0 spiro atoms. The van der Waals surface area contributed by atoms with Crippen molar-refractivity contribution in [2.24, 2.45) is 4.99 Å². The SMILES string of the molecule is CC(C)N=C(Nc1ccc(Cl)c(Cl)c1)NC(C)C. The molecule has 100 valence electrons. The van der Waals surface area contributed by atoms with E-state index in [2.05, 4.69) is 29.5 Å². The number of hydrogen-bond donors (Lipinski definition) is 2. The molecular formula is C13H19Cl2N3. The highest BCUT2D eigenvalue weighted by Crippen LogP contribution is 2.24. The normalized spacial score (nSPS) is 12.1. The number of nitrogens with zero attached hydrogens (tertiary/aromatic N) is 1. The number of halogens is 2. The van der Waals surface area contributed by atoms with Crippen molar-refractivity contribution in [2.75, 3.05) is 5.32 Å². The first-order valence-electron chi connectivity index (χ1n) is 5.95. The first kappa shape index (κ1) is 15.1. The Balaban J connectivity index is 2.85. The van der Waals surface area contributed by atoms with E-state index < -0.39 is 0 Å². The molecule has 2 N–H and O–H groups in total. The number of anilines is 1. The van der Waals surface area contributed by atoms with E-state index >= 15 is 0 Å². The van der Waals surface area contributed by atoms with Gasteiger partial charge in [-0.25, -0.2) is 0 Å². The van der Waals surface area contributed by atoms with E-state index in [0.29, 0.717) is 16.1 Å². The molecule has 0 bridgehead atoms. The van der Waals surface area contributed by atoms with Gasteiger partial charge < -0.3 is 10.6 Å². The molecule has 0 radical (unpaired) electrons. The molecule has 0 aliphatic rings. The van der Waals surface area contributed by atoms with E-state index in [4.69, 9.17) is 23.2 Å². The number of benzene rings is 1. The lowest BCUT2D eigenvalue weighted by Crippen LogP contribution is -2.36. The lowest BCUT2D eigenvalue weighted by atomic mass is 10.3. The van der Waals surface area contributed by atoms with Gasteiger partial charge in [-0.15, -0.1) is 0 Å². The first-order chi connectivity index (χ1) is 8.38. The average molecular weight is 288 g/mol. The summed E-state index contributed by atoms with van der Waals surface area (Å²) in [6, 6.07) is 5.92. The Morgan fingerprint density at radius 1 is 1.11 bits per heavy atom. The number of rotatable bonds is 3. The van der Waals surface area contributed by atoms with Crippen molar-refractivity contribution in [3.8, 4) is 0 Å². The molecule has 0 heterocycles. The fraction of sp³-hybridized carbons (Fsp3) is 0.462. The third-order valence-corrected chi connectivity index (χ3v) is 2.73. The second-order valence-corrected chi connectivity index (χ2v) is 5.44. The molecule has 0 unspecified atom stereocenters. The molecule has 3 nitrogen and oxygen atoms in total. The lowest BCUT2D eigenvalue weighted by molar-refractivity contribution is 0.717. The fourth-order valence-corrected chi connectivity index (χ4v) is 1.65. The van der Waals surface area contributed by atoms with Crippen LogP contribution in [0.25, 0.3) is 0 Å². The maximum Gasteiger partial charge on any atom is 0.196 e. The van der Waals surface area contributed by atoms with Crippen LogP contribution in [0.15, 0.2) is 23.2 Å². The van der Waals surface area contributed by atoms with Crippen LogP contribution in [-0.4, -0.2) is 18.0 Å². The summed E-state index contributed by atoms with van der Waals surface area (Å²) in [6.07, 6.45) is 0. The zero-order valence-corrected chi connectivity index (χ0v) is 12.6. The van der Waals surface area contributed by atoms with Gasteiger partial charge in [0.1, 0.15) is 0 Å². The molecule has 0 saturated heterocycles. The largest absolute Gasteiger partial charge is 0.354 e. The summed E-state index contributed by atoms with van der Waals surface area (Å²) < 4.78 is 0. The molecule has 18 heavy (non-hydrogen) atoms. The van der Waals surface area contributed by atoms with Gasteiger partial charge in [0, 0.05) is 17.8 Å². The molecule has 0 amide bonds. The Morgan fingerprint density at radius 3 is 2.28 bits per heavy atom. The molecule has 1 rings (SSSR count). The van der Waals surface area contributed by atoms with E-state index in [0.717, 1.165) is 11.6 Å². The standard InChI is InChI=1S/C13H19Cl2N3/c1-8(2)16-13(17-9(3)4)18-10-5-6-11(14)12(15)7-10/h5-9H,1-4H3,(H2,16,17,18). The van der Waals surface area contributed by atoms with Gasteiger partial charge >= 0.3 is 0 Å². The second-order valence-electron chi connectivity index (χ2n) is 4.62. The van der Waals surface area contributed by atoms with Crippen LogP contribution in [-0.2, 0) is 0 Å². The quantitative estimate of drug-likeness (QED) is 0.647. The molecule has 1 aromatic rings. The molecule has 0 aromatic heterocycles. The van der Waals surface area contributed by atoms with E-state index in [1.807, 2.05) is 19.9 Å². The summed E-state index contributed by atoms with van der Waals surface area (Å²) in [7, 11) is 0. The van der Waals surface area contributed by atoms with E-state index in [-0.39, 0.29) is 6.04 Å². The smallest absolute Gasteiger partial charge is 0.196 e. The summed E-state index contributed by atoms with van der Waals surface area (Å²) in [5.41, 5.74) is 0.858. The van der Waals surface area contributed by atoms with Crippen LogP contribution in [0.2, 0.25) is 10.0 Å².